The molecule has 1 unspecified atom stereocenters. The zero-order valence-corrected chi connectivity index (χ0v) is 11.3. The largest absolute Gasteiger partial charge is 0.416 e. The normalized spacial score (nSPS) is 13.4. The number of carbonyl (C=O) groups is 1. The fraction of sp³-hybridized carbons (Fsp3) is 0.462. The van der Waals surface area contributed by atoms with Crippen molar-refractivity contribution in [2.24, 2.45) is 5.92 Å². The minimum atomic E-state index is -4.46. The fourth-order valence-electron chi connectivity index (χ4n) is 1.47. The van der Waals surface area contributed by atoms with Crippen LogP contribution in [0.15, 0.2) is 24.3 Å². The Morgan fingerprint density at radius 1 is 1.37 bits per heavy atom. The van der Waals surface area contributed by atoms with Crippen LogP contribution in [0.5, 0.6) is 0 Å². The van der Waals surface area contributed by atoms with Gasteiger partial charge in [-0.1, -0.05) is 19.9 Å². The molecule has 2 nitrogen and oxygen atoms in total. The van der Waals surface area contributed by atoms with E-state index in [9.17, 15) is 18.0 Å². The van der Waals surface area contributed by atoms with Crippen molar-refractivity contribution >= 4 is 17.5 Å². The molecule has 1 aromatic carbocycles. The summed E-state index contributed by atoms with van der Waals surface area (Å²) in [6.45, 7) is 3.75. The summed E-state index contributed by atoms with van der Waals surface area (Å²) in [4.78, 5) is 11.9. The van der Waals surface area contributed by atoms with Crippen LogP contribution in [0.4, 0.5) is 13.2 Å². The van der Waals surface area contributed by atoms with Crippen LogP contribution in [0, 0.1) is 5.92 Å². The van der Waals surface area contributed by atoms with Crippen molar-refractivity contribution in [1.29, 1.82) is 0 Å². The van der Waals surface area contributed by atoms with E-state index in [1.165, 1.54) is 12.1 Å². The van der Waals surface area contributed by atoms with Gasteiger partial charge in [-0.2, -0.15) is 13.2 Å². The van der Waals surface area contributed by atoms with Gasteiger partial charge in [-0.3, -0.25) is 4.79 Å². The van der Waals surface area contributed by atoms with Gasteiger partial charge in [-0.15, -0.1) is 11.6 Å². The predicted octanol–water partition coefficient (Wildman–Crippen LogP) is 3.70. The van der Waals surface area contributed by atoms with E-state index in [0.717, 1.165) is 12.1 Å². The molecule has 0 bridgehead atoms. The minimum absolute atomic E-state index is 0.0226. The van der Waals surface area contributed by atoms with Gasteiger partial charge in [0.1, 0.15) is 0 Å². The lowest BCUT2D eigenvalue weighted by atomic mass is 10.0. The highest BCUT2D eigenvalue weighted by atomic mass is 35.5. The van der Waals surface area contributed by atoms with Gasteiger partial charge in [0.15, 0.2) is 0 Å². The summed E-state index contributed by atoms with van der Waals surface area (Å²) < 4.78 is 37.6. The van der Waals surface area contributed by atoms with Crippen LogP contribution in [0.3, 0.4) is 0 Å². The molecule has 0 spiro atoms. The Balaban J connectivity index is 2.89. The number of nitrogens with one attached hydrogen (secondary N) is 1. The molecule has 1 rings (SSSR count). The highest BCUT2D eigenvalue weighted by Gasteiger charge is 2.31. The van der Waals surface area contributed by atoms with E-state index in [4.69, 9.17) is 11.6 Å². The van der Waals surface area contributed by atoms with Gasteiger partial charge in [0.2, 0.25) is 0 Å². The number of halogens is 4. The summed E-state index contributed by atoms with van der Waals surface area (Å²) in [6.07, 6.45) is -4.46. The van der Waals surface area contributed by atoms with Crippen LogP contribution in [0.1, 0.15) is 29.8 Å². The first-order chi connectivity index (χ1) is 8.75. The molecule has 0 aliphatic rings. The van der Waals surface area contributed by atoms with Crippen molar-refractivity contribution in [1.82, 2.24) is 5.32 Å². The summed E-state index contributed by atoms with van der Waals surface area (Å²) >= 11 is 5.70. The van der Waals surface area contributed by atoms with Crippen LogP contribution in [-0.4, -0.2) is 17.8 Å². The van der Waals surface area contributed by atoms with Crippen LogP contribution in [-0.2, 0) is 6.18 Å². The zero-order valence-electron chi connectivity index (χ0n) is 10.6. The molecule has 0 saturated carbocycles. The second kappa shape index (κ2) is 6.28. The second-order valence-electron chi connectivity index (χ2n) is 4.56. The average molecular weight is 294 g/mol. The van der Waals surface area contributed by atoms with E-state index < -0.39 is 17.6 Å². The summed E-state index contributed by atoms with van der Waals surface area (Å²) in [6, 6.07) is 4.04. The van der Waals surface area contributed by atoms with Crippen molar-refractivity contribution in [3.8, 4) is 0 Å². The summed E-state index contributed by atoms with van der Waals surface area (Å²) in [5.41, 5.74) is -0.863. The Bertz CT molecular complexity index is 446. The monoisotopic (exact) mass is 293 g/mol. The molecular weight excluding hydrogens is 279 g/mol. The van der Waals surface area contributed by atoms with Crippen molar-refractivity contribution in [2.75, 3.05) is 5.88 Å². The van der Waals surface area contributed by atoms with Crippen molar-refractivity contribution in [3.63, 3.8) is 0 Å². The lowest BCUT2D eigenvalue weighted by Crippen LogP contribution is -2.39. The fourth-order valence-corrected chi connectivity index (χ4v) is 1.91. The first-order valence-electron chi connectivity index (χ1n) is 5.79. The molecule has 19 heavy (non-hydrogen) atoms. The van der Waals surface area contributed by atoms with Crippen LogP contribution in [0.25, 0.3) is 0 Å². The molecule has 106 valence electrons. The molecule has 1 N–H and O–H groups in total. The highest BCUT2D eigenvalue weighted by molar-refractivity contribution is 6.18. The third-order valence-corrected chi connectivity index (χ3v) is 3.07. The molecule has 1 aromatic rings. The number of carbonyl (C=O) groups excluding carboxylic acids is 1. The van der Waals surface area contributed by atoms with Crippen LogP contribution in [0.2, 0.25) is 0 Å². The number of hydrogen-bond donors (Lipinski definition) is 1. The van der Waals surface area contributed by atoms with Gasteiger partial charge in [0.05, 0.1) is 5.56 Å². The highest BCUT2D eigenvalue weighted by Crippen LogP contribution is 2.29. The summed E-state index contributed by atoms with van der Waals surface area (Å²) in [5, 5.41) is 2.62. The number of amides is 1. The van der Waals surface area contributed by atoms with Crippen molar-refractivity contribution < 1.29 is 18.0 Å². The quantitative estimate of drug-likeness (QED) is 0.843. The average Bonchev–Trinajstić information content (AvgIpc) is 2.34. The predicted molar refractivity (Wildman–Crippen MR) is 68.3 cm³/mol. The Hall–Kier alpha value is -1.23. The Labute approximate surface area is 114 Å². The SMILES string of the molecule is CC(C)C(CCl)NC(=O)c1cccc(C(F)(F)F)c1. The molecule has 0 aliphatic carbocycles. The third-order valence-electron chi connectivity index (χ3n) is 2.74. The lowest BCUT2D eigenvalue weighted by Gasteiger charge is -2.20. The van der Waals surface area contributed by atoms with E-state index in [2.05, 4.69) is 5.32 Å². The molecule has 1 atom stereocenters. The van der Waals surface area contributed by atoms with Gasteiger partial charge < -0.3 is 5.32 Å². The zero-order chi connectivity index (χ0) is 14.6. The van der Waals surface area contributed by atoms with Gasteiger partial charge >= 0.3 is 6.18 Å². The molecule has 1 amide bonds. The number of benzene rings is 1. The number of rotatable bonds is 4. The van der Waals surface area contributed by atoms with Crippen molar-refractivity contribution in [3.05, 3.63) is 35.4 Å². The number of hydrogen-bond acceptors (Lipinski definition) is 1. The van der Waals surface area contributed by atoms with Gasteiger partial charge in [-0.25, -0.2) is 0 Å². The number of alkyl halides is 4. The molecule has 0 aliphatic heterocycles. The van der Waals surface area contributed by atoms with E-state index in [0.29, 0.717) is 0 Å². The molecule has 0 radical (unpaired) electrons. The lowest BCUT2D eigenvalue weighted by molar-refractivity contribution is -0.137. The molecule has 0 saturated heterocycles. The van der Waals surface area contributed by atoms with E-state index >= 15 is 0 Å². The summed E-state index contributed by atoms with van der Waals surface area (Å²) in [7, 11) is 0. The Kier molecular flexibility index (Phi) is 5.23. The van der Waals surface area contributed by atoms with Crippen molar-refractivity contribution in [2.45, 2.75) is 26.1 Å². The topological polar surface area (TPSA) is 29.1 Å². The minimum Gasteiger partial charge on any atom is -0.348 e. The van der Waals surface area contributed by atoms with Crippen LogP contribution >= 0.6 is 11.6 Å². The molecule has 0 heterocycles. The first-order valence-corrected chi connectivity index (χ1v) is 6.33. The first kappa shape index (κ1) is 15.8. The second-order valence-corrected chi connectivity index (χ2v) is 4.87. The molecular formula is C13H15ClF3NO. The van der Waals surface area contributed by atoms with E-state index in [-0.39, 0.29) is 23.4 Å². The van der Waals surface area contributed by atoms with E-state index in [1.807, 2.05) is 13.8 Å². The molecule has 0 aromatic heterocycles. The molecule has 6 heteroatoms. The smallest absolute Gasteiger partial charge is 0.348 e. The summed E-state index contributed by atoms with van der Waals surface area (Å²) in [5.74, 6) is -0.236. The van der Waals surface area contributed by atoms with E-state index in [1.54, 1.807) is 0 Å². The maximum Gasteiger partial charge on any atom is 0.416 e. The Morgan fingerprint density at radius 2 is 2.00 bits per heavy atom. The Morgan fingerprint density at radius 3 is 2.47 bits per heavy atom. The van der Waals surface area contributed by atoms with Crippen LogP contribution < -0.4 is 5.32 Å². The van der Waals surface area contributed by atoms with Gasteiger partial charge in [0.25, 0.3) is 5.91 Å². The standard InChI is InChI=1S/C13H15ClF3NO/c1-8(2)11(7-14)18-12(19)9-4-3-5-10(6-9)13(15,16)17/h3-6,8,11H,7H2,1-2H3,(H,18,19). The van der Waals surface area contributed by atoms with Gasteiger partial charge in [-0.05, 0) is 24.1 Å². The maximum absolute atomic E-state index is 12.5. The maximum atomic E-state index is 12.5. The molecule has 0 fully saturated rings. The third kappa shape index (κ3) is 4.42. The van der Waals surface area contributed by atoms with Gasteiger partial charge in [0, 0.05) is 17.5 Å².